The van der Waals surface area contributed by atoms with Crippen LogP contribution in [0.3, 0.4) is 0 Å². The molecule has 2 aromatic heterocycles. The number of aryl methyl sites for hydroxylation is 1. The molecule has 2 aromatic rings. The molecule has 1 aliphatic carbocycles. The molecular weight excluding hydrogens is 292 g/mol. The summed E-state index contributed by atoms with van der Waals surface area (Å²) in [5, 5.41) is 10.5. The third-order valence-electron chi connectivity index (χ3n) is 3.69. The highest BCUT2D eigenvalue weighted by atomic mass is 32.2. The molecule has 0 spiro atoms. The zero-order valence-electron chi connectivity index (χ0n) is 11.4. The summed E-state index contributed by atoms with van der Waals surface area (Å²) in [6.07, 6.45) is 4.89. The molecule has 2 heterocycles. The summed E-state index contributed by atoms with van der Waals surface area (Å²) in [7, 11) is 0. The first-order chi connectivity index (χ1) is 9.56. The monoisotopic (exact) mass is 308 g/mol. The number of aliphatic carboxylic acids is 1. The van der Waals surface area contributed by atoms with Crippen molar-refractivity contribution >= 4 is 39.3 Å². The molecule has 1 aliphatic rings. The molecule has 0 amide bonds. The molecule has 4 nitrogen and oxygen atoms in total. The van der Waals surface area contributed by atoms with Crippen LogP contribution in [0.4, 0.5) is 0 Å². The van der Waals surface area contributed by atoms with Crippen LogP contribution < -0.4 is 0 Å². The molecule has 0 fully saturated rings. The van der Waals surface area contributed by atoms with Gasteiger partial charge in [-0.3, -0.25) is 4.79 Å². The van der Waals surface area contributed by atoms with E-state index in [0.717, 1.165) is 34.0 Å². The van der Waals surface area contributed by atoms with E-state index in [4.69, 9.17) is 5.11 Å². The molecule has 1 N–H and O–H groups in total. The highest BCUT2D eigenvalue weighted by Gasteiger charge is 2.24. The molecular formula is C14H16N2O2S2. The van der Waals surface area contributed by atoms with Gasteiger partial charge in [0.15, 0.2) is 0 Å². The van der Waals surface area contributed by atoms with Gasteiger partial charge in [-0.25, -0.2) is 9.97 Å². The summed E-state index contributed by atoms with van der Waals surface area (Å²) in [5.41, 5.74) is 1.35. The van der Waals surface area contributed by atoms with Gasteiger partial charge in [-0.05, 0) is 37.7 Å². The Kier molecular flexibility index (Phi) is 3.69. The fraction of sp³-hybridized carbons (Fsp3) is 0.500. The largest absolute Gasteiger partial charge is 0.480 e. The van der Waals surface area contributed by atoms with Crippen LogP contribution in [0.5, 0.6) is 0 Å². The molecule has 106 valence electrons. The van der Waals surface area contributed by atoms with Gasteiger partial charge in [0.25, 0.3) is 0 Å². The van der Waals surface area contributed by atoms with E-state index < -0.39 is 11.2 Å². The van der Waals surface area contributed by atoms with E-state index >= 15 is 0 Å². The Labute approximate surface area is 125 Å². The maximum atomic E-state index is 11.0. The molecule has 0 bridgehead atoms. The predicted molar refractivity (Wildman–Crippen MR) is 81.6 cm³/mol. The summed E-state index contributed by atoms with van der Waals surface area (Å²) in [6, 6.07) is 0. The van der Waals surface area contributed by atoms with Crippen LogP contribution in [0.15, 0.2) is 11.4 Å². The summed E-state index contributed by atoms with van der Waals surface area (Å²) < 4.78 is 0. The van der Waals surface area contributed by atoms with Crippen molar-refractivity contribution in [2.24, 2.45) is 5.92 Å². The quantitative estimate of drug-likeness (QED) is 0.695. The SMILES string of the molecule is CC1CCc2c(sc3ncnc(SC(C)C(=O)O)c23)C1. The maximum Gasteiger partial charge on any atom is 0.316 e. The number of rotatable bonds is 3. The van der Waals surface area contributed by atoms with Crippen LogP contribution in [0.2, 0.25) is 0 Å². The van der Waals surface area contributed by atoms with E-state index in [1.807, 2.05) is 0 Å². The number of aromatic nitrogens is 2. The molecule has 0 saturated heterocycles. The Morgan fingerprint density at radius 1 is 1.55 bits per heavy atom. The van der Waals surface area contributed by atoms with Crippen molar-refractivity contribution in [2.75, 3.05) is 0 Å². The second kappa shape index (κ2) is 5.33. The number of carboxylic acids is 1. The number of hydrogen-bond donors (Lipinski definition) is 1. The average Bonchev–Trinajstić information content (AvgIpc) is 2.76. The van der Waals surface area contributed by atoms with Gasteiger partial charge in [-0.1, -0.05) is 18.7 Å². The van der Waals surface area contributed by atoms with Crippen LogP contribution in [-0.4, -0.2) is 26.3 Å². The zero-order valence-corrected chi connectivity index (χ0v) is 13.1. The van der Waals surface area contributed by atoms with Crippen LogP contribution in [0, 0.1) is 5.92 Å². The lowest BCUT2D eigenvalue weighted by Gasteiger charge is -2.18. The van der Waals surface area contributed by atoms with Crippen LogP contribution in [-0.2, 0) is 17.6 Å². The lowest BCUT2D eigenvalue weighted by molar-refractivity contribution is -0.136. The lowest BCUT2D eigenvalue weighted by atomic mass is 9.89. The molecule has 3 rings (SSSR count). The number of thioether (sulfide) groups is 1. The van der Waals surface area contributed by atoms with E-state index in [-0.39, 0.29) is 0 Å². The Morgan fingerprint density at radius 3 is 3.10 bits per heavy atom. The smallest absolute Gasteiger partial charge is 0.316 e. The average molecular weight is 308 g/mol. The summed E-state index contributed by atoms with van der Waals surface area (Å²) in [5.74, 6) is -0.0861. The second-order valence-corrected chi connectivity index (χ2v) is 7.72. The maximum absolute atomic E-state index is 11.0. The van der Waals surface area contributed by atoms with Gasteiger partial charge in [0, 0.05) is 10.3 Å². The van der Waals surface area contributed by atoms with Crippen molar-refractivity contribution in [3.8, 4) is 0 Å². The Bertz CT molecular complexity index is 668. The first kappa shape index (κ1) is 13.8. The van der Waals surface area contributed by atoms with Crippen molar-refractivity contribution in [3.63, 3.8) is 0 Å². The van der Waals surface area contributed by atoms with Crippen molar-refractivity contribution < 1.29 is 9.90 Å². The normalized spacial score (nSPS) is 19.8. The van der Waals surface area contributed by atoms with Gasteiger partial charge in [0.2, 0.25) is 0 Å². The fourth-order valence-corrected chi connectivity index (χ4v) is 4.85. The molecule has 6 heteroatoms. The summed E-state index contributed by atoms with van der Waals surface area (Å²) in [4.78, 5) is 22.1. The van der Waals surface area contributed by atoms with Crippen molar-refractivity contribution in [2.45, 2.75) is 43.4 Å². The number of hydrogen-bond acceptors (Lipinski definition) is 5. The molecule has 20 heavy (non-hydrogen) atoms. The fourth-order valence-electron chi connectivity index (χ4n) is 2.55. The highest BCUT2D eigenvalue weighted by molar-refractivity contribution is 8.00. The van der Waals surface area contributed by atoms with Crippen LogP contribution in [0.25, 0.3) is 10.2 Å². The van der Waals surface area contributed by atoms with Crippen molar-refractivity contribution in [1.29, 1.82) is 0 Å². The molecule has 0 aromatic carbocycles. The van der Waals surface area contributed by atoms with E-state index in [0.29, 0.717) is 0 Å². The zero-order chi connectivity index (χ0) is 14.3. The predicted octanol–water partition coefficient (Wildman–Crippen LogP) is 3.38. The molecule has 0 radical (unpaired) electrons. The van der Waals surface area contributed by atoms with Crippen LogP contribution in [0.1, 0.15) is 30.7 Å². The van der Waals surface area contributed by atoms with E-state index in [9.17, 15) is 4.79 Å². The molecule has 0 saturated carbocycles. The van der Waals surface area contributed by atoms with Gasteiger partial charge >= 0.3 is 5.97 Å². The van der Waals surface area contributed by atoms with Crippen molar-refractivity contribution in [3.05, 3.63) is 16.8 Å². The van der Waals surface area contributed by atoms with Gasteiger partial charge in [-0.2, -0.15) is 0 Å². The summed E-state index contributed by atoms with van der Waals surface area (Å²) >= 11 is 3.06. The minimum absolute atomic E-state index is 0.494. The topological polar surface area (TPSA) is 63.1 Å². The highest BCUT2D eigenvalue weighted by Crippen LogP contribution is 2.41. The van der Waals surface area contributed by atoms with Gasteiger partial charge < -0.3 is 5.11 Å². The minimum atomic E-state index is -0.806. The Balaban J connectivity index is 2.07. The van der Waals surface area contributed by atoms with Gasteiger partial charge in [0.1, 0.15) is 21.4 Å². The third-order valence-corrected chi connectivity index (χ3v) is 5.94. The number of thiophene rings is 1. The minimum Gasteiger partial charge on any atom is -0.480 e. The Morgan fingerprint density at radius 2 is 2.35 bits per heavy atom. The number of carboxylic acid groups (broad SMARTS) is 1. The van der Waals surface area contributed by atoms with Crippen molar-refractivity contribution in [1.82, 2.24) is 9.97 Å². The summed E-state index contributed by atoms with van der Waals surface area (Å²) in [6.45, 7) is 3.98. The Hall–Kier alpha value is -1.14. The third kappa shape index (κ3) is 2.42. The van der Waals surface area contributed by atoms with E-state index in [2.05, 4.69) is 16.9 Å². The molecule has 0 aliphatic heterocycles. The van der Waals surface area contributed by atoms with Gasteiger partial charge in [-0.15, -0.1) is 11.3 Å². The number of carbonyl (C=O) groups is 1. The molecule has 2 atom stereocenters. The first-order valence-electron chi connectivity index (χ1n) is 6.71. The van der Waals surface area contributed by atoms with Gasteiger partial charge in [0.05, 0.1) is 0 Å². The lowest BCUT2D eigenvalue weighted by Crippen LogP contribution is -2.12. The molecule has 2 unspecified atom stereocenters. The van der Waals surface area contributed by atoms with Crippen LogP contribution >= 0.6 is 23.1 Å². The standard InChI is InChI=1S/C14H16N2O2S2/c1-7-3-4-9-10(5-7)20-13-11(9)12(15-6-16-13)19-8(2)14(17)18/h6-8H,3-5H2,1-2H3,(H,17,18). The first-order valence-corrected chi connectivity index (χ1v) is 8.40. The van der Waals surface area contributed by atoms with E-state index in [1.165, 1.54) is 28.6 Å². The number of nitrogens with zero attached hydrogens (tertiary/aromatic N) is 2. The van der Waals surface area contributed by atoms with E-state index in [1.54, 1.807) is 24.6 Å². The number of fused-ring (bicyclic) bond motifs is 3. The second-order valence-electron chi connectivity index (χ2n) is 5.31.